The number of alkyl halides is 5. The minimum absolute atomic E-state index is 0.502. The Balaban J connectivity index is 2.76. The van der Waals surface area contributed by atoms with E-state index >= 15 is 0 Å². The molecular formula is C9H13Cl5N4. The minimum Gasteiger partial charge on any atom is -0.189 e. The second kappa shape index (κ2) is 6.80. The molecule has 0 amide bonds. The average Bonchev–Trinajstić information content (AvgIpc) is 2.71. The molecule has 0 fully saturated rings. The first-order valence-electron chi connectivity index (χ1n) is 5.53. The number of hydrogen-bond donors (Lipinski definition) is 0. The van der Waals surface area contributed by atoms with E-state index in [4.69, 9.17) is 58.0 Å². The fourth-order valence-corrected chi connectivity index (χ4v) is 1.91. The van der Waals surface area contributed by atoms with Gasteiger partial charge in [0.25, 0.3) is 4.46 Å². The summed E-state index contributed by atoms with van der Waals surface area (Å²) in [6, 6.07) is 0. The van der Waals surface area contributed by atoms with Crippen molar-refractivity contribution in [2.45, 2.75) is 47.3 Å². The van der Waals surface area contributed by atoms with Crippen LogP contribution in [0.15, 0.2) is 0 Å². The molecule has 1 rings (SSSR count). The molecule has 0 saturated heterocycles. The van der Waals surface area contributed by atoms with E-state index in [-0.39, 0.29) is 0 Å². The van der Waals surface area contributed by atoms with Gasteiger partial charge in [-0.25, -0.2) is 0 Å². The van der Waals surface area contributed by atoms with Crippen molar-refractivity contribution in [3.05, 3.63) is 5.82 Å². The van der Waals surface area contributed by atoms with Gasteiger partial charge in [0.05, 0.1) is 0 Å². The molecule has 0 radical (unpaired) electrons. The van der Waals surface area contributed by atoms with E-state index < -0.39 is 8.25 Å². The molecule has 4 nitrogen and oxygen atoms in total. The molecule has 0 saturated carbocycles. The molecule has 104 valence electrons. The van der Waals surface area contributed by atoms with Gasteiger partial charge in [-0.15, -0.1) is 5.10 Å². The maximum atomic E-state index is 6.01. The molecule has 0 bridgehead atoms. The summed E-state index contributed by atoms with van der Waals surface area (Å²) in [4.78, 5) is 0. The van der Waals surface area contributed by atoms with Crippen LogP contribution in [0.2, 0.25) is 0 Å². The van der Waals surface area contributed by atoms with E-state index in [9.17, 15) is 0 Å². The van der Waals surface area contributed by atoms with E-state index in [1.165, 1.54) is 0 Å². The Kier molecular flexibility index (Phi) is 6.26. The second-order valence-electron chi connectivity index (χ2n) is 3.86. The largest absolute Gasteiger partial charge is 0.259 e. The highest BCUT2D eigenvalue weighted by Gasteiger charge is 2.50. The van der Waals surface area contributed by atoms with E-state index in [0.717, 1.165) is 30.4 Å². The van der Waals surface area contributed by atoms with Crippen LogP contribution in [-0.4, -0.2) is 24.0 Å². The van der Waals surface area contributed by atoms with Gasteiger partial charge >= 0.3 is 0 Å². The summed E-state index contributed by atoms with van der Waals surface area (Å²) in [6.45, 7) is 2.13. The molecule has 1 aromatic rings. The van der Waals surface area contributed by atoms with Crippen molar-refractivity contribution < 1.29 is 0 Å². The van der Waals surface area contributed by atoms with Crippen molar-refractivity contribution in [3.8, 4) is 0 Å². The number of halogens is 5. The zero-order valence-corrected chi connectivity index (χ0v) is 13.5. The van der Waals surface area contributed by atoms with Crippen molar-refractivity contribution in [1.29, 1.82) is 0 Å². The van der Waals surface area contributed by atoms with Gasteiger partial charge in [-0.05, 0) is 16.8 Å². The predicted octanol–water partition coefficient (Wildman–Crippen LogP) is 4.25. The fourth-order valence-electron chi connectivity index (χ4n) is 1.41. The Morgan fingerprint density at radius 3 is 2.28 bits per heavy atom. The van der Waals surface area contributed by atoms with Crippen LogP contribution in [0.5, 0.6) is 0 Å². The molecule has 9 heteroatoms. The van der Waals surface area contributed by atoms with Crippen LogP contribution in [0.1, 0.15) is 38.4 Å². The van der Waals surface area contributed by atoms with Crippen molar-refractivity contribution in [3.63, 3.8) is 0 Å². The SMILES string of the molecule is CCCCCCc1nnnn1C(Cl)(Cl)C(Cl)(Cl)Cl. The molecule has 0 N–H and O–H groups in total. The zero-order valence-electron chi connectivity index (χ0n) is 9.71. The monoisotopic (exact) mass is 352 g/mol. The van der Waals surface area contributed by atoms with Gasteiger partial charge in [0.2, 0.25) is 3.79 Å². The molecule has 0 aromatic carbocycles. The van der Waals surface area contributed by atoms with Crippen LogP contribution < -0.4 is 0 Å². The van der Waals surface area contributed by atoms with Crippen LogP contribution in [0.4, 0.5) is 0 Å². The molecule has 0 aliphatic rings. The molecular weight excluding hydrogens is 341 g/mol. The maximum absolute atomic E-state index is 6.01. The minimum atomic E-state index is -1.93. The summed E-state index contributed by atoms with van der Waals surface area (Å²) < 4.78 is -2.61. The number of unbranched alkanes of at least 4 members (excludes halogenated alkanes) is 3. The first-order chi connectivity index (χ1) is 8.30. The molecule has 0 spiro atoms. The van der Waals surface area contributed by atoms with Gasteiger partial charge in [-0.1, -0.05) is 84.2 Å². The highest BCUT2D eigenvalue weighted by molar-refractivity contribution is 6.74. The Bertz CT molecular complexity index is 373. The third kappa shape index (κ3) is 4.01. The highest BCUT2D eigenvalue weighted by Crippen LogP contribution is 2.49. The fraction of sp³-hybridized carbons (Fsp3) is 0.889. The quantitative estimate of drug-likeness (QED) is 0.566. The van der Waals surface area contributed by atoms with Gasteiger partial charge in [0, 0.05) is 6.42 Å². The van der Waals surface area contributed by atoms with Crippen LogP contribution in [-0.2, 0) is 10.9 Å². The summed E-state index contributed by atoms with van der Waals surface area (Å²) >= 11 is 29.2. The number of hydrogen-bond acceptors (Lipinski definition) is 3. The Labute approximate surface area is 131 Å². The predicted molar refractivity (Wildman–Crippen MR) is 75.6 cm³/mol. The van der Waals surface area contributed by atoms with Gasteiger partial charge in [0.1, 0.15) is 0 Å². The van der Waals surface area contributed by atoms with E-state index in [1.807, 2.05) is 0 Å². The van der Waals surface area contributed by atoms with Gasteiger partial charge in [-0.3, -0.25) is 0 Å². The molecule has 0 atom stereocenters. The van der Waals surface area contributed by atoms with Crippen molar-refractivity contribution >= 4 is 58.0 Å². The second-order valence-corrected chi connectivity index (χ2v) is 7.43. The molecule has 0 aliphatic heterocycles. The zero-order chi connectivity index (χ0) is 13.8. The smallest absolute Gasteiger partial charge is 0.189 e. The summed E-state index contributed by atoms with van der Waals surface area (Å²) in [6.07, 6.45) is 4.94. The van der Waals surface area contributed by atoms with Crippen LogP contribution in [0, 0.1) is 0 Å². The Morgan fingerprint density at radius 1 is 1.06 bits per heavy atom. The standard InChI is InChI=1S/C9H13Cl5N4/c1-2-3-4-5-6-7-15-16-17-18(7)9(13,14)8(10,11)12/h2-6H2,1H3. The van der Waals surface area contributed by atoms with Crippen LogP contribution >= 0.6 is 58.0 Å². The summed E-state index contributed by atoms with van der Waals surface area (Å²) in [5, 5.41) is 11.1. The summed E-state index contributed by atoms with van der Waals surface area (Å²) in [5.74, 6) is 0.502. The first-order valence-corrected chi connectivity index (χ1v) is 7.42. The van der Waals surface area contributed by atoms with Crippen molar-refractivity contribution in [2.24, 2.45) is 0 Å². The highest BCUT2D eigenvalue weighted by atomic mass is 35.6. The summed E-state index contributed by atoms with van der Waals surface area (Å²) in [5.41, 5.74) is 0. The maximum Gasteiger partial charge on any atom is 0.259 e. The van der Waals surface area contributed by atoms with Gasteiger partial charge < -0.3 is 0 Å². The van der Waals surface area contributed by atoms with E-state index in [1.54, 1.807) is 0 Å². The topological polar surface area (TPSA) is 43.6 Å². The molecule has 1 aromatic heterocycles. The van der Waals surface area contributed by atoms with E-state index in [0.29, 0.717) is 12.2 Å². The number of tetrazole rings is 1. The summed E-state index contributed by atoms with van der Waals surface area (Å²) in [7, 11) is 0. The number of nitrogens with zero attached hydrogens (tertiary/aromatic N) is 4. The third-order valence-corrected chi connectivity index (χ3v) is 4.68. The van der Waals surface area contributed by atoms with Crippen molar-refractivity contribution in [1.82, 2.24) is 20.2 Å². The number of aryl methyl sites for hydroxylation is 1. The lowest BCUT2D eigenvalue weighted by Gasteiger charge is -2.27. The van der Waals surface area contributed by atoms with Crippen LogP contribution in [0.25, 0.3) is 0 Å². The lowest BCUT2D eigenvalue weighted by molar-refractivity contribution is 0.492. The lowest BCUT2D eigenvalue weighted by Crippen LogP contribution is -2.37. The Morgan fingerprint density at radius 2 is 1.72 bits per heavy atom. The van der Waals surface area contributed by atoms with Crippen molar-refractivity contribution in [2.75, 3.05) is 0 Å². The molecule has 0 aliphatic carbocycles. The first kappa shape index (κ1) is 16.6. The third-order valence-electron chi connectivity index (χ3n) is 2.40. The van der Waals surface area contributed by atoms with Gasteiger partial charge in [0.15, 0.2) is 5.82 Å². The van der Waals surface area contributed by atoms with E-state index in [2.05, 4.69) is 22.4 Å². The molecule has 0 unspecified atom stereocenters. The number of rotatable bonds is 6. The molecule has 18 heavy (non-hydrogen) atoms. The normalized spacial score (nSPS) is 13.0. The van der Waals surface area contributed by atoms with Gasteiger partial charge in [-0.2, -0.15) is 4.68 Å². The average molecular weight is 354 g/mol. The molecule has 1 heterocycles. The Hall–Kier alpha value is 0.520. The van der Waals surface area contributed by atoms with Crippen LogP contribution in [0.3, 0.4) is 0 Å². The lowest BCUT2D eigenvalue weighted by atomic mass is 10.1. The number of aromatic nitrogens is 4.